The highest BCUT2D eigenvalue weighted by Crippen LogP contribution is 2.37. The quantitative estimate of drug-likeness (QED) is 0.528. The summed E-state index contributed by atoms with van der Waals surface area (Å²) in [5.41, 5.74) is 1.98. The van der Waals surface area contributed by atoms with Crippen molar-refractivity contribution in [2.75, 3.05) is 13.3 Å². The van der Waals surface area contributed by atoms with Crippen molar-refractivity contribution in [2.45, 2.75) is 56.6 Å². The van der Waals surface area contributed by atoms with Gasteiger partial charge in [0.05, 0.1) is 11.9 Å². The maximum Gasteiger partial charge on any atom is 0.213 e. The summed E-state index contributed by atoms with van der Waals surface area (Å²) >= 11 is 6.33. The zero-order valence-electron chi connectivity index (χ0n) is 19.3. The summed E-state index contributed by atoms with van der Waals surface area (Å²) in [7, 11) is -1.73. The molecular weight excluding hydrogens is 474 g/mol. The lowest BCUT2D eigenvalue weighted by atomic mass is 9.86. The van der Waals surface area contributed by atoms with Crippen LogP contribution in [0.3, 0.4) is 0 Å². The first-order chi connectivity index (χ1) is 16.3. The van der Waals surface area contributed by atoms with Gasteiger partial charge in [0, 0.05) is 42.7 Å². The van der Waals surface area contributed by atoms with E-state index < -0.39 is 10.0 Å². The van der Waals surface area contributed by atoms with Crippen LogP contribution >= 0.6 is 11.6 Å². The fourth-order valence-corrected chi connectivity index (χ4v) is 5.90. The molecule has 1 aliphatic heterocycles. The van der Waals surface area contributed by atoms with Crippen LogP contribution in [0.4, 0.5) is 0 Å². The zero-order chi connectivity index (χ0) is 23.9. The molecule has 0 saturated heterocycles. The van der Waals surface area contributed by atoms with Crippen LogP contribution in [0, 0.1) is 0 Å². The first kappa shape index (κ1) is 23.3. The van der Waals surface area contributed by atoms with Gasteiger partial charge in [-0.05, 0) is 61.9 Å². The molecule has 5 rings (SSSR count). The molecule has 2 aromatic heterocycles. The molecule has 1 aliphatic carbocycles. The Morgan fingerprint density at radius 2 is 1.88 bits per heavy atom. The van der Waals surface area contributed by atoms with Gasteiger partial charge < -0.3 is 4.74 Å². The van der Waals surface area contributed by atoms with Crippen LogP contribution in [0.2, 0.25) is 5.02 Å². The molecule has 34 heavy (non-hydrogen) atoms. The SMILES string of the molecule is CN([C@H]1Cc2cc(Cl)ccc2-n2c(nnc2[C@H]2CC[C@H](Oc3ccccn3)CC2)C1)S(C)(=O)=O. The van der Waals surface area contributed by atoms with Gasteiger partial charge >= 0.3 is 0 Å². The predicted octanol–water partition coefficient (Wildman–Crippen LogP) is 3.78. The van der Waals surface area contributed by atoms with Gasteiger partial charge in [-0.1, -0.05) is 17.7 Å². The highest BCUT2D eigenvalue weighted by atomic mass is 35.5. The molecule has 0 N–H and O–H groups in total. The smallest absolute Gasteiger partial charge is 0.213 e. The van der Waals surface area contributed by atoms with Crippen molar-refractivity contribution in [2.24, 2.45) is 0 Å². The van der Waals surface area contributed by atoms with Crippen LogP contribution in [-0.4, -0.2) is 57.9 Å². The van der Waals surface area contributed by atoms with Crippen molar-refractivity contribution in [1.29, 1.82) is 0 Å². The first-order valence-corrected chi connectivity index (χ1v) is 13.8. The molecule has 0 radical (unpaired) electrons. The maximum absolute atomic E-state index is 12.3. The summed E-state index contributed by atoms with van der Waals surface area (Å²) in [6.45, 7) is 0. The van der Waals surface area contributed by atoms with Crippen LogP contribution in [0.1, 0.15) is 48.8 Å². The van der Waals surface area contributed by atoms with E-state index >= 15 is 0 Å². The maximum atomic E-state index is 12.3. The highest BCUT2D eigenvalue weighted by molar-refractivity contribution is 7.88. The second-order valence-electron chi connectivity index (χ2n) is 9.18. The Labute approximate surface area is 205 Å². The van der Waals surface area contributed by atoms with Crippen LogP contribution in [0.25, 0.3) is 5.69 Å². The Morgan fingerprint density at radius 1 is 1.09 bits per heavy atom. The molecule has 0 spiro atoms. The molecule has 1 aromatic carbocycles. The van der Waals surface area contributed by atoms with Gasteiger partial charge in [0.2, 0.25) is 15.9 Å². The third-order valence-corrected chi connectivity index (χ3v) is 8.49. The summed E-state index contributed by atoms with van der Waals surface area (Å²) in [6, 6.07) is 11.2. The number of hydrogen-bond donors (Lipinski definition) is 0. The highest BCUT2D eigenvalue weighted by Gasteiger charge is 2.34. The second kappa shape index (κ2) is 9.28. The van der Waals surface area contributed by atoms with Crippen LogP contribution in [0.5, 0.6) is 5.88 Å². The third kappa shape index (κ3) is 4.69. The molecule has 3 aromatic rings. The summed E-state index contributed by atoms with van der Waals surface area (Å²) in [5, 5.41) is 9.77. The number of rotatable bonds is 5. The minimum atomic E-state index is -3.36. The Bertz CT molecular complexity index is 1270. The van der Waals surface area contributed by atoms with E-state index in [4.69, 9.17) is 16.3 Å². The lowest BCUT2D eigenvalue weighted by Gasteiger charge is -2.28. The summed E-state index contributed by atoms with van der Waals surface area (Å²) < 4.78 is 34.2. The van der Waals surface area contributed by atoms with E-state index in [0.717, 1.165) is 48.6 Å². The number of ether oxygens (including phenoxy) is 1. The summed E-state index contributed by atoms with van der Waals surface area (Å²) in [5.74, 6) is 2.62. The van der Waals surface area contributed by atoms with Gasteiger partial charge in [-0.2, -0.15) is 0 Å². The molecule has 2 aliphatic rings. The first-order valence-electron chi connectivity index (χ1n) is 11.5. The van der Waals surface area contributed by atoms with E-state index in [-0.39, 0.29) is 18.1 Å². The number of benzene rings is 1. The van der Waals surface area contributed by atoms with Gasteiger partial charge in [-0.25, -0.2) is 17.7 Å². The minimum Gasteiger partial charge on any atom is -0.474 e. The standard InChI is InChI=1S/C24H28ClN5O3S/c1-29(34(2,31)32)19-14-17-13-18(25)8-11-21(17)30-22(15-19)27-28-24(30)16-6-9-20(10-7-16)33-23-5-3-4-12-26-23/h3-5,8,11-13,16,19-20H,6-7,9-10,14-15H2,1-2H3/t16-,19-,20-/m0/s1. The van der Waals surface area contributed by atoms with Crippen LogP contribution < -0.4 is 4.74 Å². The molecule has 180 valence electrons. The van der Waals surface area contributed by atoms with Gasteiger partial charge in [0.1, 0.15) is 17.8 Å². The number of hydrogen-bond acceptors (Lipinski definition) is 6. The molecule has 8 nitrogen and oxygen atoms in total. The second-order valence-corrected chi connectivity index (χ2v) is 11.7. The van der Waals surface area contributed by atoms with E-state index in [1.54, 1.807) is 13.2 Å². The number of nitrogens with zero attached hydrogens (tertiary/aromatic N) is 5. The zero-order valence-corrected chi connectivity index (χ0v) is 20.8. The van der Waals surface area contributed by atoms with Crippen LogP contribution in [0.15, 0.2) is 42.6 Å². The lowest BCUT2D eigenvalue weighted by Crippen LogP contribution is -2.39. The van der Waals surface area contributed by atoms with Gasteiger partial charge in [0.15, 0.2) is 0 Å². The lowest BCUT2D eigenvalue weighted by molar-refractivity contribution is 0.139. The van der Waals surface area contributed by atoms with Gasteiger partial charge in [-0.3, -0.25) is 4.57 Å². The van der Waals surface area contributed by atoms with Crippen LogP contribution in [-0.2, 0) is 22.9 Å². The minimum absolute atomic E-state index is 0.136. The Balaban J connectivity index is 1.42. The number of halogens is 1. The number of aromatic nitrogens is 4. The van der Waals surface area contributed by atoms with E-state index in [1.165, 1.54) is 10.6 Å². The molecule has 0 bridgehead atoms. The molecule has 1 saturated carbocycles. The Kier molecular flexibility index (Phi) is 6.35. The van der Waals surface area contributed by atoms with Gasteiger partial charge in [-0.15, -0.1) is 10.2 Å². The third-order valence-electron chi connectivity index (χ3n) is 6.91. The molecule has 1 fully saturated rings. The number of sulfonamides is 1. The average Bonchev–Trinajstić information content (AvgIpc) is 3.15. The van der Waals surface area contributed by atoms with E-state index in [9.17, 15) is 8.42 Å². The Morgan fingerprint density at radius 3 is 2.59 bits per heavy atom. The van der Waals surface area contributed by atoms with Crippen molar-refractivity contribution < 1.29 is 13.2 Å². The summed E-state index contributed by atoms with van der Waals surface area (Å²) in [6.07, 6.45) is 7.86. The predicted molar refractivity (Wildman–Crippen MR) is 130 cm³/mol. The number of likely N-dealkylation sites (N-methyl/N-ethyl adjacent to an activating group) is 1. The number of fused-ring (bicyclic) bond motifs is 3. The largest absolute Gasteiger partial charge is 0.474 e. The average molecular weight is 502 g/mol. The van der Waals surface area contributed by atoms with Crippen molar-refractivity contribution in [3.8, 4) is 11.6 Å². The molecule has 3 heterocycles. The summed E-state index contributed by atoms with van der Waals surface area (Å²) in [4.78, 5) is 4.27. The molecule has 0 unspecified atom stereocenters. The molecular formula is C24H28ClN5O3S. The van der Waals surface area contributed by atoms with E-state index in [0.29, 0.717) is 23.7 Å². The van der Waals surface area contributed by atoms with Crippen molar-refractivity contribution in [1.82, 2.24) is 24.1 Å². The van der Waals surface area contributed by atoms with Crippen molar-refractivity contribution in [3.05, 3.63) is 64.8 Å². The normalized spacial score (nSPS) is 22.6. The van der Waals surface area contributed by atoms with Crippen molar-refractivity contribution >= 4 is 21.6 Å². The molecule has 1 atom stereocenters. The monoisotopic (exact) mass is 501 g/mol. The topological polar surface area (TPSA) is 90.2 Å². The fourth-order valence-electron chi connectivity index (χ4n) is 5.02. The van der Waals surface area contributed by atoms with Crippen molar-refractivity contribution in [3.63, 3.8) is 0 Å². The van der Waals surface area contributed by atoms with E-state index in [1.807, 2.05) is 36.4 Å². The number of pyridine rings is 1. The fraction of sp³-hybridized carbons (Fsp3) is 0.458. The molecule has 0 amide bonds. The molecule has 10 heteroatoms. The van der Waals surface area contributed by atoms with Gasteiger partial charge in [0.25, 0.3) is 0 Å². The van der Waals surface area contributed by atoms with E-state index in [2.05, 4.69) is 19.7 Å². The Hall–Kier alpha value is -2.49.